The summed E-state index contributed by atoms with van der Waals surface area (Å²) < 4.78 is 5.27. The zero-order chi connectivity index (χ0) is 18.8. The summed E-state index contributed by atoms with van der Waals surface area (Å²) in [6, 6.07) is 1.42. The molecule has 1 aliphatic heterocycles. The van der Waals surface area contributed by atoms with Crippen LogP contribution in [0.25, 0.3) is 0 Å². The van der Waals surface area contributed by atoms with Crippen LogP contribution in [0.1, 0.15) is 39.8 Å². The number of alkyl halides is 1. The van der Waals surface area contributed by atoms with Gasteiger partial charge in [0.2, 0.25) is 5.88 Å². The number of hydrogen-bond acceptors (Lipinski definition) is 4. The molecule has 0 saturated carbocycles. The summed E-state index contributed by atoms with van der Waals surface area (Å²) in [6.07, 6.45) is 4.05. The lowest BCUT2D eigenvalue weighted by Gasteiger charge is -2.23. The van der Waals surface area contributed by atoms with E-state index in [0.29, 0.717) is 24.1 Å². The minimum absolute atomic E-state index is 0.184. The molecule has 0 aliphatic carbocycles. The maximum Gasteiger partial charge on any atom is 0.328 e. The average molecular weight is 384 g/mol. The van der Waals surface area contributed by atoms with Crippen molar-refractivity contribution < 1.29 is 9.32 Å². The summed E-state index contributed by atoms with van der Waals surface area (Å²) in [7, 11) is 0. The van der Waals surface area contributed by atoms with Crippen molar-refractivity contribution in [1.29, 1.82) is 0 Å². The fraction of sp³-hybridized carbons (Fsp3) is 0.556. The van der Waals surface area contributed by atoms with Crippen molar-refractivity contribution in [2.24, 2.45) is 0 Å². The average Bonchev–Trinajstić information content (AvgIpc) is 3.06. The predicted molar refractivity (Wildman–Crippen MR) is 105 cm³/mol. The monoisotopic (exact) mass is 383 g/mol. The van der Waals surface area contributed by atoms with Gasteiger partial charge < -0.3 is 9.42 Å². The standard InChI is InChI=1S/C18H26ClN3O2S/c1-7-9-13-16(19)22(17(23)21(13)10-8-2)15-11-14(20-24-15)18(5,6)25-12(3)4/h7-8,11-13,16H,1-2,9-10H2,3-6H3. The predicted octanol–water partition coefficient (Wildman–Crippen LogP) is 4.99. The third-order valence-corrected chi connectivity index (χ3v) is 5.79. The van der Waals surface area contributed by atoms with Crippen LogP contribution in [0, 0.1) is 0 Å². The first-order valence-corrected chi connectivity index (χ1v) is 9.65. The number of hydrogen-bond donors (Lipinski definition) is 0. The van der Waals surface area contributed by atoms with Gasteiger partial charge in [-0.05, 0) is 25.5 Å². The van der Waals surface area contributed by atoms with E-state index in [1.165, 1.54) is 4.90 Å². The first kappa shape index (κ1) is 19.9. The summed E-state index contributed by atoms with van der Waals surface area (Å²) in [5.74, 6) is 0.373. The second-order valence-corrected chi connectivity index (χ2v) is 9.43. The Kier molecular flexibility index (Phi) is 6.27. The molecule has 7 heteroatoms. The Morgan fingerprint density at radius 1 is 1.44 bits per heavy atom. The van der Waals surface area contributed by atoms with E-state index in [2.05, 4.69) is 46.0 Å². The number of nitrogens with zero attached hydrogens (tertiary/aromatic N) is 3. The summed E-state index contributed by atoms with van der Waals surface area (Å²) in [5, 5.41) is 4.64. The number of amides is 2. The number of anilines is 1. The Morgan fingerprint density at radius 3 is 2.68 bits per heavy atom. The molecule has 0 bridgehead atoms. The molecule has 0 aromatic carbocycles. The molecule has 1 aromatic rings. The second kappa shape index (κ2) is 7.87. The summed E-state index contributed by atoms with van der Waals surface area (Å²) in [5.41, 5.74) is 0.243. The zero-order valence-electron chi connectivity index (χ0n) is 15.2. The van der Waals surface area contributed by atoms with E-state index in [4.69, 9.17) is 16.1 Å². The van der Waals surface area contributed by atoms with Crippen molar-refractivity contribution in [3.63, 3.8) is 0 Å². The third-order valence-electron chi connectivity index (χ3n) is 4.03. The Labute approximate surface area is 159 Å². The van der Waals surface area contributed by atoms with E-state index in [9.17, 15) is 4.79 Å². The van der Waals surface area contributed by atoms with Crippen molar-refractivity contribution in [3.8, 4) is 0 Å². The van der Waals surface area contributed by atoms with E-state index in [1.807, 2.05) is 6.07 Å². The number of halogens is 1. The minimum atomic E-state index is -0.549. The van der Waals surface area contributed by atoms with Crippen LogP contribution in [0.15, 0.2) is 35.9 Å². The number of aromatic nitrogens is 1. The Bertz CT molecular complexity index is 644. The van der Waals surface area contributed by atoms with Crippen molar-refractivity contribution in [2.45, 2.75) is 55.7 Å². The van der Waals surface area contributed by atoms with E-state index in [-0.39, 0.29) is 16.8 Å². The van der Waals surface area contributed by atoms with Crippen LogP contribution in [-0.2, 0) is 4.75 Å². The zero-order valence-corrected chi connectivity index (χ0v) is 16.8. The second-order valence-electron chi connectivity index (χ2n) is 6.79. The summed E-state index contributed by atoms with van der Waals surface area (Å²) in [4.78, 5) is 16.0. The molecule has 0 N–H and O–H groups in total. The molecule has 1 fully saturated rings. The normalized spacial score (nSPS) is 21.3. The molecule has 2 amide bonds. The maximum atomic E-state index is 12.8. The molecule has 2 atom stereocenters. The number of rotatable bonds is 8. The first-order chi connectivity index (χ1) is 11.7. The number of carbonyl (C=O) groups excluding carboxylic acids is 1. The highest BCUT2D eigenvalue weighted by atomic mass is 35.5. The maximum absolute atomic E-state index is 12.8. The fourth-order valence-electron chi connectivity index (χ4n) is 3.00. The summed E-state index contributed by atoms with van der Waals surface area (Å²) in [6.45, 7) is 16.4. The van der Waals surface area contributed by atoms with Gasteiger partial charge in [0.25, 0.3) is 0 Å². The number of carbonyl (C=O) groups is 1. The molecule has 138 valence electrons. The molecule has 25 heavy (non-hydrogen) atoms. The number of urea groups is 1. The lowest BCUT2D eigenvalue weighted by Crippen LogP contribution is -2.35. The van der Waals surface area contributed by atoms with Crippen LogP contribution < -0.4 is 4.90 Å². The molecule has 2 unspecified atom stereocenters. The molecule has 2 heterocycles. The SMILES string of the molecule is C=CCC1C(Cl)N(c2cc(C(C)(C)SC(C)C)no2)C(=O)N1CC=C. The molecular weight excluding hydrogens is 358 g/mol. The van der Waals surface area contributed by atoms with Crippen LogP contribution in [0.3, 0.4) is 0 Å². The minimum Gasteiger partial charge on any atom is -0.338 e. The molecule has 0 spiro atoms. The van der Waals surface area contributed by atoms with E-state index in [1.54, 1.807) is 28.8 Å². The van der Waals surface area contributed by atoms with Crippen LogP contribution in [0.2, 0.25) is 0 Å². The Balaban J connectivity index is 2.30. The van der Waals surface area contributed by atoms with Crippen LogP contribution >= 0.6 is 23.4 Å². The van der Waals surface area contributed by atoms with Crippen molar-refractivity contribution in [2.75, 3.05) is 11.4 Å². The highest BCUT2D eigenvalue weighted by molar-refractivity contribution is 8.00. The summed E-state index contributed by atoms with van der Waals surface area (Å²) >= 11 is 8.37. The van der Waals surface area contributed by atoms with Gasteiger partial charge in [0.05, 0.1) is 10.8 Å². The van der Waals surface area contributed by atoms with E-state index in [0.717, 1.165) is 5.69 Å². The lowest BCUT2D eigenvalue weighted by molar-refractivity contribution is 0.211. The quantitative estimate of drug-likeness (QED) is 0.360. The molecule has 2 rings (SSSR count). The van der Waals surface area contributed by atoms with Gasteiger partial charge in [0.15, 0.2) is 0 Å². The molecular formula is C18H26ClN3O2S. The van der Waals surface area contributed by atoms with Gasteiger partial charge in [-0.15, -0.1) is 24.9 Å². The van der Waals surface area contributed by atoms with Crippen LogP contribution in [0.5, 0.6) is 0 Å². The smallest absolute Gasteiger partial charge is 0.328 e. The molecule has 0 radical (unpaired) electrons. The van der Waals surface area contributed by atoms with Gasteiger partial charge in [-0.25, -0.2) is 9.69 Å². The van der Waals surface area contributed by atoms with Crippen LogP contribution in [0.4, 0.5) is 10.7 Å². The number of thioether (sulfide) groups is 1. The van der Waals surface area contributed by atoms with Crippen LogP contribution in [-0.4, -0.2) is 39.4 Å². The Hall–Kier alpha value is -1.40. The third kappa shape index (κ3) is 4.06. The van der Waals surface area contributed by atoms with Crippen molar-refractivity contribution in [3.05, 3.63) is 37.1 Å². The van der Waals surface area contributed by atoms with E-state index >= 15 is 0 Å². The molecule has 1 saturated heterocycles. The van der Waals surface area contributed by atoms with Gasteiger partial charge >= 0.3 is 6.03 Å². The first-order valence-electron chi connectivity index (χ1n) is 8.33. The lowest BCUT2D eigenvalue weighted by atomic mass is 10.1. The Morgan fingerprint density at radius 2 is 2.12 bits per heavy atom. The van der Waals surface area contributed by atoms with Gasteiger partial charge in [-0.1, -0.05) is 42.8 Å². The molecule has 1 aromatic heterocycles. The molecule has 1 aliphatic rings. The fourth-order valence-corrected chi connectivity index (χ4v) is 4.81. The van der Waals surface area contributed by atoms with E-state index < -0.39 is 5.50 Å². The topological polar surface area (TPSA) is 49.6 Å². The van der Waals surface area contributed by atoms with Crippen molar-refractivity contribution >= 4 is 35.3 Å². The van der Waals surface area contributed by atoms with Crippen molar-refractivity contribution in [1.82, 2.24) is 10.1 Å². The largest absolute Gasteiger partial charge is 0.338 e. The van der Waals surface area contributed by atoms with Gasteiger partial charge in [-0.2, -0.15) is 0 Å². The van der Waals surface area contributed by atoms with Gasteiger partial charge in [0, 0.05) is 12.6 Å². The molecule has 5 nitrogen and oxygen atoms in total. The van der Waals surface area contributed by atoms with Gasteiger partial charge in [-0.3, -0.25) is 0 Å². The highest BCUT2D eigenvalue weighted by Gasteiger charge is 2.46. The highest BCUT2D eigenvalue weighted by Crippen LogP contribution is 2.40. The van der Waals surface area contributed by atoms with Gasteiger partial charge in [0.1, 0.15) is 11.2 Å².